The van der Waals surface area contributed by atoms with E-state index in [1.165, 1.54) is 0 Å². The smallest absolute Gasteiger partial charge is 0.102 e. The highest BCUT2D eigenvalue weighted by atomic mass is 16.5. The zero-order chi connectivity index (χ0) is 14.2. The maximum atomic E-state index is 8.77. The third-order valence-corrected chi connectivity index (χ3v) is 2.84. The molecule has 0 unspecified atom stereocenters. The highest BCUT2D eigenvalue weighted by Crippen LogP contribution is 2.12. The number of methoxy groups -OCH3 is 1. The minimum atomic E-state index is 0.166. The molecule has 0 amide bonds. The van der Waals surface area contributed by atoms with Gasteiger partial charge in [0.05, 0.1) is 19.3 Å². The van der Waals surface area contributed by atoms with E-state index in [4.69, 9.17) is 9.84 Å². The molecule has 0 atom stereocenters. The summed E-state index contributed by atoms with van der Waals surface area (Å²) in [5, 5.41) is 20.2. The van der Waals surface area contributed by atoms with Crippen molar-refractivity contribution < 1.29 is 9.84 Å². The molecule has 0 saturated carbocycles. The van der Waals surface area contributed by atoms with E-state index in [0.29, 0.717) is 26.1 Å². The molecule has 0 saturated heterocycles. The lowest BCUT2D eigenvalue weighted by atomic mass is 10.2. The Morgan fingerprint density at radius 3 is 3.10 bits per heavy atom. The largest absolute Gasteiger partial charge is 0.396 e. The Morgan fingerprint density at radius 2 is 2.30 bits per heavy atom. The predicted octanol–water partition coefficient (Wildman–Crippen LogP) is 1.42. The summed E-state index contributed by atoms with van der Waals surface area (Å²) in [6.07, 6.45) is 2.58. The lowest BCUT2D eigenvalue weighted by Crippen LogP contribution is -2.01. The first-order chi connectivity index (χ1) is 9.81. The average Bonchev–Trinajstić information content (AvgIpc) is 2.92. The molecule has 0 bridgehead atoms. The lowest BCUT2D eigenvalue weighted by molar-refractivity contribution is 0.185. The zero-order valence-electron chi connectivity index (χ0n) is 11.6. The van der Waals surface area contributed by atoms with E-state index >= 15 is 0 Å². The van der Waals surface area contributed by atoms with Crippen LogP contribution in [0.15, 0.2) is 30.5 Å². The molecule has 0 spiro atoms. The number of aromatic nitrogens is 3. The maximum Gasteiger partial charge on any atom is 0.102 e. The minimum Gasteiger partial charge on any atom is -0.396 e. The Balaban J connectivity index is 1.88. The normalized spacial score (nSPS) is 10.7. The molecule has 0 aliphatic rings. The highest BCUT2D eigenvalue weighted by Gasteiger charge is 2.01. The number of nitrogens with zero attached hydrogens (tertiary/aromatic N) is 3. The summed E-state index contributed by atoms with van der Waals surface area (Å²) < 4.78 is 6.86. The quantitative estimate of drug-likeness (QED) is 0.763. The number of ether oxygens (including phenoxy) is 1. The molecule has 2 aromatic rings. The second-order valence-corrected chi connectivity index (χ2v) is 4.54. The standard InChI is InChI=1S/C14H20N4O2/c1-20-11-12-4-2-5-13(8-12)15-9-14-10-18(17-16-14)6-3-7-19/h2,4-5,8,10,15,19H,3,6-7,9,11H2,1H3. The fourth-order valence-corrected chi connectivity index (χ4v) is 1.89. The van der Waals surface area contributed by atoms with E-state index < -0.39 is 0 Å². The number of hydrogen-bond donors (Lipinski definition) is 2. The Bertz CT molecular complexity index is 527. The van der Waals surface area contributed by atoms with Crippen molar-refractivity contribution >= 4 is 5.69 Å². The summed E-state index contributed by atoms with van der Waals surface area (Å²) in [6.45, 7) is 2.08. The predicted molar refractivity (Wildman–Crippen MR) is 76.2 cm³/mol. The first kappa shape index (κ1) is 14.5. The van der Waals surface area contributed by atoms with Crippen LogP contribution in [-0.2, 0) is 24.4 Å². The van der Waals surface area contributed by atoms with Crippen molar-refractivity contribution in [3.8, 4) is 0 Å². The second-order valence-electron chi connectivity index (χ2n) is 4.54. The van der Waals surface area contributed by atoms with Crippen molar-refractivity contribution in [3.63, 3.8) is 0 Å². The third kappa shape index (κ3) is 4.32. The second kappa shape index (κ2) is 7.62. The van der Waals surface area contributed by atoms with Crippen molar-refractivity contribution in [2.24, 2.45) is 0 Å². The fourth-order valence-electron chi connectivity index (χ4n) is 1.89. The summed E-state index contributed by atoms with van der Waals surface area (Å²) in [4.78, 5) is 0. The van der Waals surface area contributed by atoms with E-state index in [9.17, 15) is 0 Å². The molecule has 0 fully saturated rings. The van der Waals surface area contributed by atoms with Crippen molar-refractivity contribution in [1.82, 2.24) is 15.0 Å². The van der Waals surface area contributed by atoms with Crippen molar-refractivity contribution in [1.29, 1.82) is 0 Å². The van der Waals surface area contributed by atoms with Crippen LogP contribution in [0.1, 0.15) is 17.7 Å². The summed E-state index contributed by atoms with van der Waals surface area (Å²) in [5.41, 5.74) is 3.04. The number of rotatable bonds is 8. The molecule has 6 nitrogen and oxygen atoms in total. The van der Waals surface area contributed by atoms with Crippen LogP contribution in [0.3, 0.4) is 0 Å². The van der Waals surface area contributed by atoms with Crippen molar-refractivity contribution in [2.75, 3.05) is 19.0 Å². The molecule has 20 heavy (non-hydrogen) atoms. The number of aryl methyl sites for hydroxylation is 1. The van der Waals surface area contributed by atoms with Gasteiger partial charge >= 0.3 is 0 Å². The number of benzene rings is 1. The molecule has 2 rings (SSSR count). The van der Waals surface area contributed by atoms with Gasteiger partial charge in [-0.15, -0.1) is 5.10 Å². The maximum absolute atomic E-state index is 8.77. The molecule has 1 aromatic carbocycles. The van der Waals surface area contributed by atoms with Gasteiger partial charge < -0.3 is 15.2 Å². The molecule has 1 aromatic heterocycles. The van der Waals surface area contributed by atoms with Crippen LogP contribution in [0, 0.1) is 0 Å². The molecule has 0 aliphatic heterocycles. The van der Waals surface area contributed by atoms with Crippen LogP contribution in [0.4, 0.5) is 5.69 Å². The van der Waals surface area contributed by atoms with E-state index in [0.717, 1.165) is 16.9 Å². The average molecular weight is 276 g/mol. The number of anilines is 1. The molecule has 108 valence electrons. The van der Waals surface area contributed by atoms with E-state index in [1.807, 2.05) is 24.4 Å². The molecule has 0 radical (unpaired) electrons. The summed E-state index contributed by atoms with van der Waals surface area (Å²) in [7, 11) is 1.69. The van der Waals surface area contributed by atoms with Crippen LogP contribution in [-0.4, -0.2) is 33.8 Å². The Hall–Kier alpha value is -1.92. The van der Waals surface area contributed by atoms with Crippen LogP contribution in [0.25, 0.3) is 0 Å². The van der Waals surface area contributed by atoms with Crippen molar-refractivity contribution in [3.05, 3.63) is 41.7 Å². The van der Waals surface area contributed by atoms with E-state index in [1.54, 1.807) is 11.8 Å². The third-order valence-electron chi connectivity index (χ3n) is 2.84. The van der Waals surface area contributed by atoms with Gasteiger partial charge in [0.1, 0.15) is 5.69 Å². The van der Waals surface area contributed by atoms with Gasteiger partial charge in [0.2, 0.25) is 0 Å². The Morgan fingerprint density at radius 1 is 1.40 bits per heavy atom. The van der Waals surface area contributed by atoms with Crippen LogP contribution in [0.5, 0.6) is 0 Å². The van der Waals surface area contributed by atoms with E-state index in [-0.39, 0.29) is 6.61 Å². The van der Waals surface area contributed by atoms with Crippen molar-refractivity contribution in [2.45, 2.75) is 26.1 Å². The van der Waals surface area contributed by atoms with Crippen LogP contribution >= 0.6 is 0 Å². The van der Waals surface area contributed by atoms with Gasteiger partial charge in [-0.25, -0.2) is 0 Å². The Labute approximate surface area is 118 Å². The summed E-state index contributed by atoms with van der Waals surface area (Å²) >= 11 is 0. The number of aliphatic hydroxyl groups is 1. The molecular weight excluding hydrogens is 256 g/mol. The van der Waals surface area contributed by atoms with Gasteiger partial charge in [0.25, 0.3) is 0 Å². The van der Waals surface area contributed by atoms with Gasteiger partial charge in [-0.3, -0.25) is 4.68 Å². The molecule has 6 heteroatoms. The van der Waals surface area contributed by atoms with Crippen LogP contribution < -0.4 is 5.32 Å². The molecule has 1 heterocycles. The number of nitrogens with one attached hydrogen (secondary N) is 1. The topological polar surface area (TPSA) is 72.2 Å². The fraction of sp³-hybridized carbons (Fsp3) is 0.429. The first-order valence-electron chi connectivity index (χ1n) is 6.63. The first-order valence-corrected chi connectivity index (χ1v) is 6.63. The van der Waals surface area contributed by atoms with Gasteiger partial charge in [-0.1, -0.05) is 17.3 Å². The molecule has 2 N–H and O–H groups in total. The van der Waals surface area contributed by atoms with Gasteiger partial charge in [-0.05, 0) is 24.1 Å². The Kier molecular flexibility index (Phi) is 5.52. The highest BCUT2D eigenvalue weighted by molar-refractivity contribution is 5.45. The van der Waals surface area contributed by atoms with Gasteiger partial charge in [0, 0.05) is 25.9 Å². The summed E-state index contributed by atoms with van der Waals surface area (Å²) in [5.74, 6) is 0. The van der Waals surface area contributed by atoms with Gasteiger partial charge in [0.15, 0.2) is 0 Å². The zero-order valence-corrected chi connectivity index (χ0v) is 11.6. The molecular formula is C14H20N4O2. The minimum absolute atomic E-state index is 0.166. The number of hydrogen-bond acceptors (Lipinski definition) is 5. The van der Waals surface area contributed by atoms with Crippen LogP contribution in [0.2, 0.25) is 0 Å². The molecule has 0 aliphatic carbocycles. The van der Waals surface area contributed by atoms with E-state index in [2.05, 4.69) is 21.7 Å². The number of aliphatic hydroxyl groups excluding tert-OH is 1. The summed E-state index contributed by atoms with van der Waals surface area (Å²) in [6, 6.07) is 8.09. The van der Waals surface area contributed by atoms with Gasteiger partial charge in [-0.2, -0.15) is 0 Å². The lowest BCUT2D eigenvalue weighted by Gasteiger charge is -2.06. The SMILES string of the molecule is COCc1cccc(NCc2cn(CCCO)nn2)c1. The monoisotopic (exact) mass is 276 g/mol.